The van der Waals surface area contributed by atoms with E-state index in [1.165, 1.54) is 6.21 Å². The van der Waals surface area contributed by atoms with Crippen LogP contribution in [0.25, 0.3) is 0 Å². The van der Waals surface area contributed by atoms with Gasteiger partial charge in [0.1, 0.15) is 5.75 Å². The predicted molar refractivity (Wildman–Crippen MR) is 76.4 cm³/mol. The van der Waals surface area contributed by atoms with Crippen LogP contribution in [-0.4, -0.2) is 18.8 Å². The van der Waals surface area contributed by atoms with Crippen molar-refractivity contribution in [2.75, 3.05) is 6.61 Å². The number of ether oxygens (including phenoxy) is 1. The fourth-order valence-electron chi connectivity index (χ4n) is 1.13. The summed E-state index contributed by atoms with van der Waals surface area (Å²) in [5, 5.41) is 7.29. The number of nitrogens with zero attached hydrogens (tertiary/aromatic N) is 2. The van der Waals surface area contributed by atoms with Crippen molar-refractivity contribution < 1.29 is 4.74 Å². The van der Waals surface area contributed by atoms with E-state index in [0.717, 1.165) is 14.5 Å². The van der Waals surface area contributed by atoms with Crippen molar-refractivity contribution in [3.05, 3.63) is 26.6 Å². The predicted octanol–water partition coefficient (Wildman–Crippen LogP) is 2.22. The average molecular weight is 364 g/mol. The zero-order chi connectivity index (χ0) is 12.8. The van der Waals surface area contributed by atoms with Crippen molar-refractivity contribution in [2.45, 2.75) is 6.92 Å². The Hall–Kier alpha value is -1.08. The Morgan fingerprint density at radius 3 is 2.71 bits per heavy atom. The van der Waals surface area contributed by atoms with Crippen LogP contribution in [0.15, 0.2) is 31.3 Å². The maximum atomic E-state index is 5.51. The monoisotopic (exact) mass is 362 g/mol. The van der Waals surface area contributed by atoms with Gasteiger partial charge >= 0.3 is 0 Å². The first-order valence-electron chi connectivity index (χ1n) is 4.78. The van der Waals surface area contributed by atoms with Gasteiger partial charge in [-0.3, -0.25) is 0 Å². The summed E-state index contributed by atoms with van der Waals surface area (Å²) >= 11 is 6.80. The SMILES string of the molecule is CCOc1c(Br)cc(Br)cc1/C=N/N=C(N)N. The topological polar surface area (TPSA) is 86.0 Å². The van der Waals surface area contributed by atoms with Gasteiger partial charge in [0.15, 0.2) is 0 Å². The lowest BCUT2D eigenvalue weighted by Crippen LogP contribution is -2.21. The normalized spacial score (nSPS) is 10.5. The third kappa shape index (κ3) is 4.35. The molecule has 0 fully saturated rings. The maximum absolute atomic E-state index is 5.51. The van der Waals surface area contributed by atoms with Gasteiger partial charge in [0, 0.05) is 10.0 Å². The highest BCUT2D eigenvalue weighted by atomic mass is 79.9. The quantitative estimate of drug-likeness (QED) is 0.488. The third-order valence-corrected chi connectivity index (χ3v) is 2.74. The van der Waals surface area contributed by atoms with Gasteiger partial charge in [-0.25, -0.2) is 0 Å². The summed E-state index contributed by atoms with van der Waals surface area (Å²) in [6.07, 6.45) is 1.53. The van der Waals surface area contributed by atoms with E-state index in [0.29, 0.717) is 12.4 Å². The number of guanidine groups is 1. The van der Waals surface area contributed by atoms with Crippen LogP contribution in [0, 0.1) is 0 Å². The Morgan fingerprint density at radius 2 is 2.12 bits per heavy atom. The molecule has 0 amide bonds. The molecule has 0 aromatic heterocycles. The molecule has 0 spiro atoms. The Bertz CT molecular complexity index is 456. The van der Waals surface area contributed by atoms with Crippen LogP contribution in [-0.2, 0) is 0 Å². The fourth-order valence-corrected chi connectivity index (χ4v) is 2.50. The second kappa shape index (κ2) is 6.61. The second-order valence-corrected chi connectivity index (χ2v) is 4.78. The molecule has 0 aliphatic heterocycles. The van der Waals surface area contributed by atoms with Gasteiger partial charge in [-0.1, -0.05) is 15.9 Å². The maximum Gasteiger partial charge on any atom is 0.211 e. The molecule has 0 aliphatic rings. The first-order valence-corrected chi connectivity index (χ1v) is 6.37. The summed E-state index contributed by atoms with van der Waals surface area (Å²) in [6, 6.07) is 3.75. The smallest absolute Gasteiger partial charge is 0.211 e. The molecule has 1 aromatic carbocycles. The summed E-state index contributed by atoms with van der Waals surface area (Å²) in [7, 11) is 0. The molecule has 1 aromatic rings. The summed E-state index contributed by atoms with van der Waals surface area (Å²) in [5.74, 6) is 0.610. The van der Waals surface area contributed by atoms with Crippen molar-refractivity contribution >= 4 is 44.0 Å². The van der Waals surface area contributed by atoms with Crippen LogP contribution in [0.1, 0.15) is 12.5 Å². The van der Waals surface area contributed by atoms with Crippen LogP contribution < -0.4 is 16.2 Å². The van der Waals surface area contributed by atoms with E-state index >= 15 is 0 Å². The highest BCUT2D eigenvalue weighted by Crippen LogP contribution is 2.32. The average Bonchev–Trinajstić information content (AvgIpc) is 2.22. The van der Waals surface area contributed by atoms with Crippen molar-refractivity contribution in [1.29, 1.82) is 0 Å². The number of benzene rings is 1. The van der Waals surface area contributed by atoms with E-state index < -0.39 is 0 Å². The van der Waals surface area contributed by atoms with Gasteiger partial charge in [0.05, 0.1) is 17.3 Å². The van der Waals surface area contributed by atoms with Crippen LogP contribution in [0.4, 0.5) is 0 Å². The van der Waals surface area contributed by atoms with Gasteiger partial charge in [-0.15, -0.1) is 5.10 Å². The summed E-state index contributed by atoms with van der Waals surface area (Å²) in [4.78, 5) is 0. The van der Waals surface area contributed by atoms with Crippen LogP contribution in [0.5, 0.6) is 5.75 Å². The number of hydrogen-bond acceptors (Lipinski definition) is 3. The van der Waals surface area contributed by atoms with Crippen molar-refractivity contribution in [3.8, 4) is 5.75 Å². The molecule has 4 N–H and O–H groups in total. The summed E-state index contributed by atoms with van der Waals surface area (Å²) < 4.78 is 7.25. The van der Waals surface area contributed by atoms with E-state index in [-0.39, 0.29) is 5.96 Å². The van der Waals surface area contributed by atoms with Gasteiger partial charge in [-0.2, -0.15) is 5.10 Å². The molecule has 0 atom stereocenters. The van der Waals surface area contributed by atoms with E-state index in [2.05, 4.69) is 42.1 Å². The van der Waals surface area contributed by atoms with E-state index in [9.17, 15) is 0 Å². The first-order chi connectivity index (χ1) is 8.04. The molecule has 1 rings (SSSR count). The minimum Gasteiger partial charge on any atom is -0.492 e. The molecule has 92 valence electrons. The highest BCUT2D eigenvalue weighted by molar-refractivity contribution is 9.11. The highest BCUT2D eigenvalue weighted by Gasteiger charge is 2.08. The number of halogens is 2. The molecule has 0 aliphatic carbocycles. The molecule has 0 heterocycles. The zero-order valence-corrected chi connectivity index (χ0v) is 12.3. The molecular formula is C10H12Br2N4O. The molecule has 0 bridgehead atoms. The van der Waals surface area contributed by atoms with Crippen LogP contribution >= 0.6 is 31.9 Å². The minimum atomic E-state index is -0.0896. The zero-order valence-electron chi connectivity index (χ0n) is 9.15. The van der Waals surface area contributed by atoms with Gasteiger partial charge < -0.3 is 16.2 Å². The van der Waals surface area contributed by atoms with Gasteiger partial charge in [0.2, 0.25) is 5.96 Å². The molecule has 17 heavy (non-hydrogen) atoms. The molecule has 0 saturated carbocycles. The van der Waals surface area contributed by atoms with E-state index in [1.807, 2.05) is 19.1 Å². The Labute approximate surface area is 116 Å². The Balaban J connectivity index is 3.11. The van der Waals surface area contributed by atoms with Crippen LogP contribution in [0.3, 0.4) is 0 Å². The van der Waals surface area contributed by atoms with Gasteiger partial charge in [0.25, 0.3) is 0 Å². The summed E-state index contributed by atoms with van der Waals surface area (Å²) in [5.41, 5.74) is 11.1. The number of hydrogen-bond donors (Lipinski definition) is 2. The van der Waals surface area contributed by atoms with Crippen LogP contribution in [0.2, 0.25) is 0 Å². The fraction of sp³-hybridized carbons (Fsp3) is 0.200. The van der Waals surface area contributed by atoms with E-state index in [1.54, 1.807) is 0 Å². The van der Waals surface area contributed by atoms with Crippen molar-refractivity contribution in [3.63, 3.8) is 0 Å². The second-order valence-electron chi connectivity index (χ2n) is 3.01. The Morgan fingerprint density at radius 1 is 1.41 bits per heavy atom. The first kappa shape index (κ1) is 14.0. The van der Waals surface area contributed by atoms with Crippen molar-refractivity contribution in [1.82, 2.24) is 0 Å². The molecule has 5 nitrogen and oxygen atoms in total. The minimum absolute atomic E-state index is 0.0896. The lowest BCUT2D eigenvalue weighted by Gasteiger charge is -2.09. The molecule has 7 heteroatoms. The number of rotatable bonds is 4. The molecule has 0 radical (unpaired) electrons. The third-order valence-electron chi connectivity index (χ3n) is 1.70. The standard InChI is InChI=1S/C10H12Br2N4O/c1-2-17-9-6(5-15-16-10(13)14)3-7(11)4-8(9)12/h3-5H,2H2,1H3,(H4,13,14,16)/b15-5+. The largest absolute Gasteiger partial charge is 0.492 e. The number of nitrogens with two attached hydrogens (primary N) is 2. The summed E-state index contributed by atoms with van der Waals surface area (Å²) in [6.45, 7) is 2.47. The van der Waals surface area contributed by atoms with Crippen molar-refractivity contribution in [2.24, 2.45) is 21.7 Å². The van der Waals surface area contributed by atoms with E-state index in [4.69, 9.17) is 16.2 Å². The molecule has 0 unspecified atom stereocenters. The Kier molecular flexibility index (Phi) is 5.43. The molecular weight excluding hydrogens is 352 g/mol. The lowest BCUT2D eigenvalue weighted by molar-refractivity contribution is 0.337. The molecule has 0 saturated heterocycles. The van der Waals surface area contributed by atoms with Gasteiger partial charge in [-0.05, 0) is 35.0 Å². The lowest BCUT2D eigenvalue weighted by atomic mass is 10.2.